The van der Waals surface area contributed by atoms with Gasteiger partial charge < -0.3 is 10.3 Å². The Morgan fingerprint density at radius 3 is 2.83 bits per heavy atom. The van der Waals surface area contributed by atoms with Gasteiger partial charge in [0.25, 0.3) is 11.5 Å². The number of carbonyl (C=O) groups excluding carboxylic acids is 1. The first kappa shape index (κ1) is 12.3. The molecule has 0 atom stereocenters. The Hall–Kier alpha value is -2.14. The van der Waals surface area contributed by atoms with E-state index in [4.69, 9.17) is 11.6 Å². The number of aromatic amines is 1. The van der Waals surface area contributed by atoms with Crippen LogP contribution in [-0.2, 0) is 0 Å². The Bertz CT molecular complexity index is 655. The van der Waals surface area contributed by atoms with Crippen LogP contribution in [0.15, 0.2) is 41.3 Å². The summed E-state index contributed by atoms with van der Waals surface area (Å²) in [6.07, 6.45) is 1.28. The summed E-state index contributed by atoms with van der Waals surface area (Å²) in [6, 6.07) is 6.61. The Morgan fingerprint density at radius 1 is 1.33 bits per heavy atom. The molecule has 1 aromatic carbocycles. The van der Waals surface area contributed by atoms with E-state index in [1.54, 1.807) is 0 Å². The van der Waals surface area contributed by atoms with E-state index >= 15 is 0 Å². The van der Waals surface area contributed by atoms with E-state index in [9.17, 15) is 14.0 Å². The highest BCUT2D eigenvalue weighted by Gasteiger charge is 2.11. The van der Waals surface area contributed by atoms with Gasteiger partial charge >= 0.3 is 0 Å². The number of anilines is 1. The fraction of sp³-hybridized carbons (Fsp3) is 0. The molecule has 0 aliphatic heterocycles. The zero-order valence-electron chi connectivity index (χ0n) is 9.04. The zero-order valence-corrected chi connectivity index (χ0v) is 9.79. The molecule has 0 aliphatic rings. The van der Waals surface area contributed by atoms with E-state index in [1.165, 1.54) is 30.5 Å². The molecule has 4 nitrogen and oxygen atoms in total. The van der Waals surface area contributed by atoms with Crippen molar-refractivity contribution in [1.29, 1.82) is 0 Å². The first-order valence-electron chi connectivity index (χ1n) is 5.01. The van der Waals surface area contributed by atoms with Gasteiger partial charge in [-0.3, -0.25) is 9.59 Å². The van der Waals surface area contributed by atoms with Gasteiger partial charge in [0.15, 0.2) is 0 Å². The summed E-state index contributed by atoms with van der Waals surface area (Å²) in [5.74, 6) is -1.13. The number of hydrogen-bond acceptors (Lipinski definition) is 2. The van der Waals surface area contributed by atoms with Crippen molar-refractivity contribution < 1.29 is 9.18 Å². The smallest absolute Gasteiger partial charge is 0.261 e. The standard InChI is InChI=1S/C12H8ClFN2O2/c13-7-4-10(11(17)15-6-7)12(18)16-9-3-1-2-8(14)5-9/h1-6H,(H,15,17)(H,16,18). The third-order valence-electron chi connectivity index (χ3n) is 2.20. The van der Waals surface area contributed by atoms with Crippen LogP contribution in [0.5, 0.6) is 0 Å². The minimum absolute atomic E-state index is 0.133. The fourth-order valence-electron chi connectivity index (χ4n) is 1.39. The van der Waals surface area contributed by atoms with Crippen molar-refractivity contribution >= 4 is 23.2 Å². The molecule has 0 saturated heterocycles. The molecule has 0 saturated carbocycles. The molecular weight excluding hydrogens is 259 g/mol. The number of hydrogen-bond donors (Lipinski definition) is 2. The molecule has 6 heteroatoms. The van der Waals surface area contributed by atoms with Crippen LogP contribution >= 0.6 is 11.6 Å². The van der Waals surface area contributed by atoms with E-state index in [0.29, 0.717) is 0 Å². The molecule has 0 radical (unpaired) electrons. The highest BCUT2D eigenvalue weighted by Crippen LogP contribution is 2.11. The van der Waals surface area contributed by atoms with Gasteiger partial charge in [-0.25, -0.2) is 4.39 Å². The number of benzene rings is 1. The van der Waals surface area contributed by atoms with Crippen LogP contribution in [0.4, 0.5) is 10.1 Å². The van der Waals surface area contributed by atoms with Crippen molar-refractivity contribution in [1.82, 2.24) is 4.98 Å². The van der Waals surface area contributed by atoms with Gasteiger partial charge in [-0.05, 0) is 24.3 Å². The molecule has 2 N–H and O–H groups in total. The summed E-state index contributed by atoms with van der Waals surface area (Å²) in [5, 5.41) is 2.64. The maximum atomic E-state index is 12.9. The van der Waals surface area contributed by atoms with Crippen molar-refractivity contribution in [2.75, 3.05) is 5.32 Å². The second kappa shape index (κ2) is 5.01. The molecule has 1 heterocycles. The predicted molar refractivity (Wildman–Crippen MR) is 66.4 cm³/mol. The molecule has 0 bridgehead atoms. The summed E-state index contributed by atoms with van der Waals surface area (Å²) in [4.78, 5) is 25.5. The maximum Gasteiger partial charge on any atom is 0.261 e. The third-order valence-corrected chi connectivity index (χ3v) is 2.41. The number of aromatic nitrogens is 1. The topological polar surface area (TPSA) is 62.0 Å². The van der Waals surface area contributed by atoms with Crippen LogP contribution in [0.2, 0.25) is 5.02 Å². The zero-order chi connectivity index (χ0) is 13.1. The van der Waals surface area contributed by atoms with Crippen LogP contribution in [0.1, 0.15) is 10.4 Å². The van der Waals surface area contributed by atoms with Gasteiger partial charge in [0.05, 0.1) is 5.02 Å². The second-order valence-electron chi connectivity index (χ2n) is 3.53. The van der Waals surface area contributed by atoms with Gasteiger partial charge in [-0.2, -0.15) is 0 Å². The molecule has 2 rings (SSSR count). The van der Waals surface area contributed by atoms with Gasteiger partial charge in [0, 0.05) is 11.9 Å². The highest BCUT2D eigenvalue weighted by atomic mass is 35.5. The van der Waals surface area contributed by atoms with E-state index in [2.05, 4.69) is 10.3 Å². The van der Waals surface area contributed by atoms with E-state index < -0.39 is 17.3 Å². The molecule has 0 spiro atoms. The monoisotopic (exact) mass is 266 g/mol. The van der Waals surface area contributed by atoms with Crippen molar-refractivity contribution in [2.45, 2.75) is 0 Å². The lowest BCUT2D eigenvalue weighted by atomic mass is 10.2. The SMILES string of the molecule is O=C(Nc1cccc(F)c1)c1cc(Cl)c[nH]c1=O. The first-order chi connectivity index (χ1) is 8.56. The van der Waals surface area contributed by atoms with Crippen molar-refractivity contribution in [3.05, 3.63) is 63.3 Å². The summed E-state index contributed by atoms with van der Waals surface area (Å²) in [6.45, 7) is 0. The maximum absolute atomic E-state index is 12.9. The number of H-pyrrole nitrogens is 1. The lowest BCUT2D eigenvalue weighted by Crippen LogP contribution is -2.22. The number of halogens is 2. The molecule has 1 amide bonds. The summed E-state index contributed by atoms with van der Waals surface area (Å²) in [5.41, 5.74) is -0.431. The molecule has 0 unspecified atom stereocenters. The van der Waals surface area contributed by atoms with Crippen LogP contribution < -0.4 is 10.9 Å². The van der Waals surface area contributed by atoms with Crippen LogP contribution in [0, 0.1) is 5.82 Å². The second-order valence-corrected chi connectivity index (χ2v) is 3.96. The number of nitrogens with one attached hydrogen (secondary N) is 2. The minimum Gasteiger partial charge on any atom is -0.327 e. The molecule has 0 fully saturated rings. The molecule has 0 aliphatic carbocycles. The summed E-state index contributed by atoms with van der Waals surface area (Å²) < 4.78 is 12.9. The lowest BCUT2D eigenvalue weighted by Gasteiger charge is -2.04. The number of rotatable bonds is 2. The third kappa shape index (κ3) is 2.75. The van der Waals surface area contributed by atoms with E-state index in [1.807, 2.05) is 0 Å². The van der Waals surface area contributed by atoms with Gasteiger partial charge in [0.1, 0.15) is 11.4 Å². The van der Waals surface area contributed by atoms with Gasteiger partial charge in [0.2, 0.25) is 0 Å². The molecule has 2 aromatic rings. The molecule has 1 aromatic heterocycles. The molecular formula is C12H8ClFN2O2. The normalized spacial score (nSPS) is 10.1. The Morgan fingerprint density at radius 2 is 2.11 bits per heavy atom. The Balaban J connectivity index is 2.27. The molecule has 18 heavy (non-hydrogen) atoms. The van der Waals surface area contributed by atoms with Crippen molar-refractivity contribution in [2.24, 2.45) is 0 Å². The average molecular weight is 267 g/mol. The number of amides is 1. The van der Waals surface area contributed by atoms with Crippen LogP contribution in [0.25, 0.3) is 0 Å². The van der Waals surface area contributed by atoms with Crippen molar-refractivity contribution in [3.63, 3.8) is 0 Å². The average Bonchev–Trinajstić information content (AvgIpc) is 2.32. The van der Waals surface area contributed by atoms with Crippen LogP contribution in [0.3, 0.4) is 0 Å². The van der Waals surface area contributed by atoms with E-state index in [0.717, 1.165) is 6.07 Å². The fourth-order valence-corrected chi connectivity index (χ4v) is 1.55. The Labute approximate surface area is 106 Å². The minimum atomic E-state index is -0.649. The van der Waals surface area contributed by atoms with Gasteiger partial charge in [-0.15, -0.1) is 0 Å². The van der Waals surface area contributed by atoms with Gasteiger partial charge in [-0.1, -0.05) is 17.7 Å². The summed E-state index contributed by atoms with van der Waals surface area (Å²) in [7, 11) is 0. The lowest BCUT2D eigenvalue weighted by molar-refractivity contribution is 0.102. The quantitative estimate of drug-likeness (QED) is 0.877. The largest absolute Gasteiger partial charge is 0.327 e. The number of pyridine rings is 1. The van der Waals surface area contributed by atoms with E-state index in [-0.39, 0.29) is 16.3 Å². The first-order valence-corrected chi connectivity index (χ1v) is 5.39. The molecule has 92 valence electrons. The predicted octanol–water partition coefficient (Wildman–Crippen LogP) is 2.42. The summed E-state index contributed by atoms with van der Waals surface area (Å²) >= 11 is 5.68. The van der Waals surface area contributed by atoms with Crippen LogP contribution in [-0.4, -0.2) is 10.9 Å². The number of carbonyl (C=O) groups is 1. The highest BCUT2D eigenvalue weighted by molar-refractivity contribution is 6.30. The van der Waals surface area contributed by atoms with Crippen molar-refractivity contribution in [3.8, 4) is 0 Å². The Kier molecular flexibility index (Phi) is 3.43.